The molecule has 1 amide bonds. The van der Waals surface area contributed by atoms with Crippen molar-refractivity contribution in [3.8, 4) is 0 Å². The average molecular weight is 315 g/mol. The van der Waals surface area contributed by atoms with Crippen LogP contribution in [-0.4, -0.2) is 17.0 Å². The van der Waals surface area contributed by atoms with E-state index in [1.54, 1.807) is 0 Å². The van der Waals surface area contributed by atoms with Crippen LogP contribution in [0.15, 0.2) is 24.3 Å². The number of carboxylic acids is 1. The van der Waals surface area contributed by atoms with Gasteiger partial charge in [-0.25, -0.2) is 4.79 Å². The molecule has 4 nitrogen and oxygen atoms in total. The summed E-state index contributed by atoms with van der Waals surface area (Å²) in [5.41, 5.74) is 3.28. The molecule has 1 aromatic carbocycles. The van der Waals surface area contributed by atoms with Gasteiger partial charge in [0.2, 0.25) is 5.91 Å². The number of benzene rings is 1. The molecule has 0 saturated heterocycles. The van der Waals surface area contributed by atoms with Gasteiger partial charge in [0.05, 0.1) is 11.5 Å². The first kappa shape index (κ1) is 14.8. The standard InChI is InChI=1S/C17H17NO3S/c1-3-11-9(2)22-16(14(11)17(20)21)18-15(19)13-8-10-6-4-5-7-12(10)13/h4-7,13H,3,8H2,1-2H3,(H,18,19)(H,20,21). The molecule has 1 atom stereocenters. The number of nitrogens with one attached hydrogen (secondary N) is 1. The van der Waals surface area contributed by atoms with E-state index in [9.17, 15) is 14.7 Å². The van der Waals surface area contributed by atoms with Gasteiger partial charge in [0.1, 0.15) is 5.00 Å². The number of rotatable bonds is 4. The molecular formula is C17H17NO3S. The van der Waals surface area contributed by atoms with Crippen molar-refractivity contribution in [3.05, 3.63) is 51.4 Å². The summed E-state index contributed by atoms with van der Waals surface area (Å²) in [4.78, 5) is 24.9. The van der Waals surface area contributed by atoms with Gasteiger partial charge >= 0.3 is 5.97 Å². The fourth-order valence-corrected chi connectivity index (χ4v) is 4.15. The number of thiophene rings is 1. The van der Waals surface area contributed by atoms with Crippen LogP contribution in [0, 0.1) is 6.92 Å². The van der Waals surface area contributed by atoms with Gasteiger partial charge in [0.25, 0.3) is 0 Å². The van der Waals surface area contributed by atoms with Gasteiger partial charge in [0.15, 0.2) is 0 Å². The van der Waals surface area contributed by atoms with E-state index in [1.807, 2.05) is 38.1 Å². The predicted molar refractivity (Wildman–Crippen MR) is 86.9 cm³/mol. The quantitative estimate of drug-likeness (QED) is 0.906. The zero-order valence-corrected chi connectivity index (χ0v) is 13.3. The summed E-state index contributed by atoms with van der Waals surface area (Å²) in [5.74, 6) is -1.28. The van der Waals surface area contributed by atoms with Gasteiger partial charge in [-0.1, -0.05) is 31.2 Å². The smallest absolute Gasteiger partial charge is 0.339 e. The van der Waals surface area contributed by atoms with Crippen molar-refractivity contribution in [1.82, 2.24) is 0 Å². The normalized spacial score (nSPS) is 15.8. The Morgan fingerprint density at radius 3 is 2.73 bits per heavy atom. The first-order chi connectivity index (χ1) is 10.5. The lowest BCUT2D eigenvalue weighted by atomic mass is 9.77. The van der Waals surface area contributed by atoms with Crippen molar-refractivity contribution in [3.63, 3.8) is 0 Å². The van der Waals surface area contributed by atoms with Gasteiger partial charge in [-0.2, -0.15) is 0 Å². The maximum Gasteiger partial charge on any atom is 0.339 e. The molecule has 0 saturated carbocycles. The van der Waals surface area contributed by atoms with Crippen molar-refractivity contribution in [2.75, 3.05) is 5.32 Å². The molecule has 5 heteroatoms. The van der Waals surface area contributed by atoms with Crippen molar-refractivity contribution >= 4 is 28.2 Å². The second-order valence-electron chi connectivity index (χ2n) is 5.44. The Balaban J connectivity index is 1.86. The summed E-state index contributed by atoms with van der Waals surface area (Å²) in [6.45, 7) is 3.82. The third-order valence-corrected chi connectivity index (χ3v) is 5.25. The SMILES string of the molecule is CCc1c(C)sc(NC(=O)C2Cc3ccccc32)c1C(=O)O. The van der Waals surface area contributed by atoms with Crippen LogP contribution >= 0.6 is 11.3 Å². The number of amides is 1. The van der Waals surface area contributed by atoms with Crippen LogP contribution in [0.2, 0.25) is 0 Å². The van der Waals surface area contributed by atoms with E-state index in [4.69, 9.17) is 0 Å². The van der Waals surface area contributed by atoms with E-state index in [-0.39, 0.29) is 17.4 Å². The number of carbonyl (C=O) groups excluding carboxylic acids is 1. The highest BCUT2D eigenvalue weighted by molar-refractivity contribution is 7.16. The molecule has 1 unspecified atom stereocenters. The van der Waals surface area contributed by atoms with Gasteiger partial charge in [-0.15, -0.1) is 11.3 Å². The van der Waals surface area contributed by atoms with Crippen LogP contribution in [0.25, 0.3) is 0 Å². The van der Waals surface area contributed by atoms with Crippen molar-refractivity contribution < 1.29 is 14.7 Å². The number of fused-ring (bicyclic) bond motifs is 1. The summed E-state index contributed by atoms with van der Waals surface area (Å²) in [5, 5.41) is 12.7. The van der Waals surface area contributed by atoms with E-state index < -0.39 is 5.97 Å². The number of aromatic carboxylic acids is 1. The molecule has 0 bridgehead atoms. The number of hydrogen-bond donors (Lipinski definition) is 2. The van der Waals surface area contributed by atoms with Crippen LogP contribution in [-0.2, 0) is 17.6 Å². The van der Waals surface area contributed by atoms with Crippen molar-refractivity contribution in [1.29, 1.82) is 0 Å². The minimum atomic E-state index is -0.981. The highest BCUT2D eigenvalue weighted by Gasteiger charge is 2.33. The third kappa shape index (κ3) is 2.31. The molecule has 3 rings (SSSR count). The van der Waals surface area contributed by atoms with Crippen LogP contribution in [0.4, 0.5) is 5.00 Å². The van der Waals surface area contributed by atoms with Crippen LogP contribution < -0.4 is 5.32 Å². The Bertz CT molecular complexity index is 763. The topological polar surface area (TPSA) is 66.4 Å². The maximum absolute atomic E-state index is 12.4. The van der Waals surface area contributed by atoms with E-state index in [2.05, 4.69) is 5.32 Å². The lowest BCUT2D eigenvalue weighted by molar-refractivity contribution is -0.118. The summed E-state index contributed by atoms with van der Waals surface area (Å²) in [6.07, 6.45) is 1.36. The molecule has 0 spiro atoms. The van der Waals surface area contributed by atoms with E-state index >= 15 is 0 Å². The Kier molecular flexibility index (Phi) is 3.74. The molecule has 2 aromatic rings. The van der Waals surface area contributed by atoms with Crippen LogP contribution in [0.3, 0.4) is 0 Å². The van der Waals surface area contributed by atoms with Gasteiger partial charge in [-0.05, 0) is 36.5 Å². The number of aryl methyl sites for hydroxylation is 1. The van der Waals surface area contributed by atoms with Crippen LogP contribution in [0.1, 0.15) is 44.8 Å². The van der Waals surface area contributed by atoms with E-state index in [0.29, 0.717) is 11.4 Å². The second-order valence-corrected chi connectivity index (χ2v) is 6.67. The molecule has 1 aliphatic carbocycles. The number of hydrogen-bond acceptors (Lipinski definition) is 3. The van der Waals surface area contributed by atoms with Crippen molar-refractivity contribution in [2.45, 2.75) is 32.6 Å². The lowest BCUT2D eigenvalue weighted by Gasteiger charge is -2.28. The monoisotopic (exact) mass is 315 g/mol. The largest absolute Gasteiger partial charge is 0.478 e. The molecule has 2 N–H and O–H groups in total. The highest BCUT2D eigenvalue weighted by Crippen LogP contribution is 2.38. The number of carbonyl (C=O) groups is 2. The summed E-state index contributed by atoms with van der Waals surface area (Å²) in [7, 11) is 0. The third-order valence-electron chi connectivity index (χ3n) is 4.18. The Morgan fingerprint density at radius 1 is 1.36 bits per heavy atom. The number of anilines is 1. The lowest BCUT2D eigenvalue weighted by Crippen LogP contribution is -2.30. The minimum absolute atomic E-state index is 0.120. The zero-order valence-electron chi connectivity index (χ0n) is 12.5. The molecule has 0 aliphatic heterocycles. The summed E-state index contributed by atoms with van der Waals surface area (Å²) < 4.78 is 0. The molecule has 1 aromatic heterocycles. The molecule has 1 heterocycles. The fraction of sp³-hybridized carbons (Fsp3) is 0.294. The highest BCUT2D eigenvalue weighted by atomic mass is 32.1. The Morgan fingerprint density at radius 2 is 2.09 bits per heavy atom. The molecule has 0 fully saturated rings. The Hall–Kier alpha value is -2.14. The van der Waals surface area contributed by atoms with E-state index in [0.717, 1.165) is 22.4 Å². The number of carboxylic acid groups (broad SMARTS) is 1. The first-order valence-electron chi connectivity index (χ1n) is 7.27. The first-order valence-corrected chi connectivity index (χ1v) is 8.08. The Labute approximate surface area is 132 Å². The predicted octanol–water partition coefficient (Wildman–Crippen LogP) is 3.60. The maximum atomic E-state index is 12.4. The van der Waals surface area contributed by atoms with Crippen LogP contribution in [0.5, 0.6) is 0 Å². The minimum Gasteiger partial charge on any atom is -0.478 e. The van der Waals surface area contributed by atoms with Gasteiger partial charge in [-0.3, -0.25) is 4.79 Å². The summed E-state index contributed by atoms with van der Waals surface area (Å²) in [6, 6.07) is 7.86. The molecule has 0 radical (unpaired) electrons. The van der Waals surface area contributed by atoms with E-state index in [1.165, 1.54) is 16.9 Å². The van der Waals surface area contributed by atoms with Gasteiger partial charge < -0.3 is 10.4 Å². The van der Waals surface area contributed by atoms with Crippen molar-refractivity contribution in [2.24, 2.45) is 0 Å². The molecular weight excluding hydrogens is 298 g/mol. The molecule has 1 aliphatic rings. The summed E-state index contributed by atoms with van der Waals surface area (Å²) >= 11 is 1.34. The van der Waals surface area contributed by atoms with Gasteiger partial charge in [0, 0.05) is 4.88 Å². The average Bonchev–Trinajstić information content (AvgIpc) is 2.75. The molecule has 22 heavy (non-hydrogen) atoms. The zero-order chi connectivity index (χ0) is 15.9. The molecule has 114 valence electrons. The second kappa shape index (κ2) is 5.57. The fourth-order valence-electron chi connectivity index (χ4n) is 3.01.